The van der Waals surface area contributed by atoms with Crippen LogP contribution < -0.4 is 0 Å². The van der Waals surface area contributed by atoms with Crippen LogP contribution in [0.5, 0.6) is 0 Å². The van der Waals surface area contributed by atoms with E-state index in [1.54, 1.807) is 0 Å². The van der Waals surface area contributed by atoms with Crippen LogP contribution >= 0.6 is 0 Å². The fraction of sp³-hybridized carbons (Fsp3) is 0.160. The zero-order chi connectivity index (χ0) is 19.0. The van der Waals surface area contributed by atoms with E-state index >= 15 is 0 Å². The summed E-state index contributed by atoms with van der Waals surface area (Å²) in [6.07, 6.45) is 0. The number of aryl methyl sites for hydroxylation is 3. The van der Waals surface area contributed by atoms with E-state index in [0.717, 1.165) is 22.6 Å². The second-order valence-electron chi connectivity index (χ2n) is 7.31. The molecule has 2 nitrogen and oxygen atoms in total. The smallest absolute Gasteiger partial charge is 0.0963 e. The Bertz CT molecular complexity index is 1100. The quantitative estimate of drug-likeness (QED) is 0.415. The van der Waals surface area contributed by atoms with Crippen molar-refractivity contribution in [1.29, 1.82) is 0 Å². The predicted octanol–water partition coefficient (Wildman–Crippen LogP) is 6.44. The first-order valence-corrected chi connectivity index (χ1v) is 9.33. The summed E-state index contributed by atoms with van der Waals surface area (Å²) in [6, 6.07) is 25.8. The van der Waals surface area contributed by atoms with Gasteiger partial charge in [-0.05, 0) is 52.0 Å². The van der Waals surface area contributed by atoms with Gasteiger partial charge in [-0.3, -0.25) is 0 Å². The molecule has 1 heterocycles. The summed E-state index contributed by atoms with van der Waals surface area (Å²) in [7, 11) is 0. The summed E-state index contributed by atoms with van der Waals surface area (Å²) >= 11 is 0. The maximum atomic E-state index is 5.04. The van der Waals surface area contributed by atoms with Crippen molar-refractivity contribution < 1.29 is 0 Å². The first-order chi connectivity index (χ1) is 13.0. The molecule has 0 saturated heterocycles. The van der Waals surface area contributed by atoms with Gasteiger partial charge < -0.3 is 0 Å². The molecule has 0 bridgehead atoms. The van der Waals surface area contributed by atoms with Crippen LogP contribution in [0.15, 0.2) is 72.8 Å². The maximum Gasteiger partial charge on any atom is 0.0963 e. The fourth-order valence-electron chi connectivity index (χ4n) is 3.57. The van der Waals surface area contributed by atoms with Crippen molar-refractivity contribution in [3.05, 3.63) is 95.1 Å². The van der Waals surface area contributed by atoms with Crippen molar-refractivity contribution >= 4 is 0 Å². The molecule has 27 heavy (non-hydrogen) atoms. The molecule has 2 heteroatoms. The summed E-state index contributed by atoms with van der Waals surface area (Å²) in [5, 5.41) is 5.04. The van der Waals surface area contributed by atoms with E-state index in [4.69, 9.17) is 5.10 Å². The molecule has 0 amide bonds. The Morgan fingerprint density at radius 3 is 1.85 bits per heavy atom. The lowest BCUT2D eigenvalue weighted by atomic mass is 10.0. The van der Waals surface area contributed by atoms with Gasteiger partial charge in [0.2, 0.25) is 0 Å². The van der Waals surface area contributed by atoms with E-state index in [1.807, 2.05) is 0 Å². The van der Waals surface area contributed by atoms with Gasteiger partial charge in [-0.1, -0.05) is 65.2 Å². The van der Waals surface area contributed by atoms with Gasteiger partial charge in [-0.15, -0.1) is 0 Å². The van der Waals surface area contributed by atoms with Gasteiger partial charge in [0.05, 0.1) is 17.1 Å². The minimum Gasteiger partial charge on any atom is -0.232 e. The highest BCUT2D eigenvalue weighted by Gasteiger charge is 2.18. The highest BCUT2D eigenvalue weighted by atomic mass is 15.3. The number of nitrogens with zero attached hydrogens (tertiary/aromatic N) is 2. The SMILES string of the molecule is Cc1ccc(-n2nc(-c3cccc(C)c3)c(C)c2-c2cccc(C)c2)cc1. The van der Waals surface area contributed by atoms with E-state index in [-0.39, 0.29) is 0 Å². The largest absolute Gasteiger partial charge is 0.232 e. The Kier molecular flexibility index (Phi) is 4.41. The zero-order valence-electron chi connectivity index (χ0n) is 16.3. The molecule has 0 radical (unpaired) electrons. The molecule has 0 saturated carbocycles. The number of benzene rings is 3. The van der Waals surface area contributed by atoms with Crippen molar-refractivity contribution in [3.8, 4) is 28.2 Å². The Labute approximate surface area is 161 Å². The van der Waals surface area contributed by atoms with Crippen LogP contribution in [0.2, 0.25) is 0 Å². The summed E-state index contributed by atoms with van der Waals surface area (Å²) in [6.45, 7) is 8.54. The molecule has 4 rings (SSSR count). The van der Waals surface area contributed by atoms with E-state index in [0.29, 0.717) is 0 Å². The van der Waals surface area contributed by atoms with Crippen LogP contribution in [0, 0.1) is 27.7 Å². The second kappa shape index (κ2) is 6.88. The molecule has 3 aromatic carbocycles. The Morgan fingerprint density at radius 1 is 0.630 bits per heavy atom. The van der Waals surface area contributed by atoms with E-state index in [9.17, 15) is 0 Å². The fourth-order valence-corrected chi connectivity index (χ4v) is 3.57. The Balaban J connectivity index is 1.99. The third kappa shape index (κ3) is 3.31. The summed E-state index contributed by atoms with van der Waals surface area (Å²) in [5.74, 6) is 0. The van der Waals surface area contributed by atoms with Gasteiger partial charge in [0, 0.05) is 16.7 Å². The summed E-state index contributed by atoms with van der Waals surface area (Å²) in [5.41, 5.74) is 10.6. The van der Waals surface area contributed by atoms with Crippen LogP contribution in [0.4, 0.5) is 0 Å². The van der Waals surface area contributed by atoms with Crippen molar-refractivity contribution in [2.24, 2.45) is 0 Å². The minimum absolute atomic E-state index is 1.04. The molecule has 134 valence electrons. The third-order valence-electron chi connectivity index (χ3n) is 4.98. The highest BCUT2D eigenvalue weighted by molar-refractivity contribution is 5.76. The van der Waals surface area contributed by atoms with Crippen molar-refractivity contribution in [3.63, 3.8) is 0 Å². The van der Waals surface area contributed by atoms with Crippen LogP contribution in [-0.2, 0) is 0 Å². The molecule has 0 aliphatic heterocycles. The van der Waals surface area contributed by atoms with Crippen LogP contribution in [0.25, 0.3) is 28.2 Å². The standard InChI is InChI=1S/C25H24N2/c1-17-11-13-23(14-12-17)27-25(22-10-6-8-19(3)16-22)20(4)24(26-27)21-9-5-7-18(2)15-21/h5-16H,1-4H3. The van der Waals surface area contributed by atoms with Gasteiger partial charge in [0.25, 0.3) is 0 Å². The Morgan fingerprint density at radius 2 is 1.22 bits per heavy atom. The average molecular weight is 352 g/mol. The topological polar surface area (TPSA) is 17.8 Å². The van der Waals surface area contributed by atoms with Crippen molar-refractivity contribution in [2.45, 2.75) is 27.7 Å². The highest BCUT2D eigenvalue weighted by Crippen LogP contribution is 2.34. The number of hydrogen-bond acceptors (Lipinski definition) is 1. The number of rotatable bonds is 3. The van der Waals surface area contributed by atoms with Crippen LogP contribution in [-0.4, -0.2) is 9.78 Å². The van der Waals surface area contributed by atoms with Gasteiger partial charge >= 0.3 is 0 Å². The molecule has 0 aliphatic rings. The molecule has 0 atom stereocenters. The van der Waals surface area contributed by atoms with E-state index in [1.165, 1.54) is 27.8 Å². The summed E-state index contributed by atoms with van der Waals surface area (Å²) in [4.78, 5) is 0. The second-order valence-corrected chi connectivity index (χ2v) is 7.31. The van der Waals surface area contributed by atoms with Crippen molar-refractivity contribution in [2.75, 3.05) is 0 Å². The molecule has 0 spiro atoms. The molecular weight excluding hydrogens is 328 g/mol. The van der Waals surface area contributed by atoms with Gasteiger partial charge in [-0.25, -0.2) is 4.68 Å². The molecule has 1 aromatic heterocycles. The normalized spacial score (nSPS) is 11.0. The lowest BCUT2D eigenvalue weighted by molar-refractivity contribution is 0.891. The average Bonchev–Trinajstić information content (AvgIpc) is 2.99. The minimum atomic E-state index is 1.04. The first kappa shape index (κ1) is 17.3. The third-order valence-corrected chi connectivity index (χ3v) is 4.98. The van der Waals surface area contributed by atoms with Gasteiger partial charge in [0.1, 0.15) is 0 Å². The van der Waals surface area contributed by atoms with Crippen molar-refractivity contribution in [1.82, 2.24) is 9.78 Å². The lowest BCUT2D eigenvalue weighted by Gasteiger charge is -2.10. The number of hydrogen-bond donors (Lipinski definition) is 0. The predicted molar refractivity (Wildman–Crippen MR) is 113 cm³/mol. The zero-order valence-corrected chi connectivity index (χ0v) is 16.3. The maximum absolute atomic E-state index is 5.04. The Hall–Kier alpha value is -3.13. The van der Waals surface area contributed by atoms with Crippen LogP contribution in [0.1, 0.15) is 22.3 Å². The molecule has 0 aliphatic carbocycles. The van der Waals surface area contributed by atoms with E-state index < -0.39 is 0 Å². The monoisotopic (exact) mass is 352 g/mol. The molecular formula is C25H24N2. The molecule has 0 N–H and O–H groups in total. The molecule has 0 fully saturated rings. The first-order valence-electron chi connectivity index (χ1n) is 9.33. The lowest BCUT2D eigenvalue weighted by Crippen LogP contribution is -2.00. The van der Waals surface area contributed by atoms with Crippen LogP contribution in [0.3, 0.4) is 0 Å². The van der Waals surface area contributed by atoms with E-state index in [2.05, 4.69) is 105 Å². The van der Waals surface area contributed by atoms with Gasteiger partial charge in [0.15, 0.2) is 0 Å². The molecule has 4 aromatic rings. The molecule has 0 unspecified atom stereocenters. The number of aromatic nitrogens is 2. The summed E-state index contributed by atoms with van der Waals surface area (Å²) < 4.78 is 2.08. The van der Waals surface area contributed by atoms with Gasteiger partial charge in [-0.2, -0.15) is 5.10 Å².